The number of Topliss-reactive ketones (excluding diaryl/α,β-unsaturated/α-hetero) is 1. The van der Waals surface area contributed by atoms with Gasteiger partial charge in [0.15, 0.2) is 5.78 Å². The SMILES string of the molecule is Cc1ncsc1C=C(CC(=O)c1cccc2ccccc12)C(=O)O. The quantitative estimate of drug-likeness (QED) is 0.555. The molecule has 2 aromatic carbocycles. The molecule has 0 radical (unpaired) electrons. The largest absolute Gasteiger partial charge is 0.478 e. The Hall–Kier alpha value is -2.79. The second-order valence-corrected chi connectivity index (χ2v) is 6.29. The number of thiazole rings is 1. The van der Waals surface area contributed by atoms with E-state index in [4.69, 9.17) is 0 Å². The highest BCUT2D eigenvalue weighted by molar-refractivity contribution is 7.10. The zero-order chi connectivity index (χ0) is 17.1. The second-order valence-electron chi connectivity index (χ2n) is 5.40. The van der Waals surface area contributed by atoms with Crippen LogP contribution in [0.2, 0.25) is 0 Å². The topological polar surface area (TPSA) is 67.3 Å². The Morgan fingerprint density at radius 2 is 1.92 bits per heavy atom. The summed E-state index contributed by atoms with van der Waals surface area (Å²) in [6.45, 7) is 1.81. The predicted octanol–water partition coefficient (Wildman–Crippen LogP) is 4.35. The first-order valence-corrected chi connectivity index (χ1v) is 8.29. The summed E-state index contributed by atoms with van der Waals surface area (Å²) in [5.41, 5.74) is 3.03. The molecule has 1 heterocycles. The molecule has 0 aliphatic carbocycles. The number of benzene rings is 2. The van der Waals surface area contributed by atoms with Crippen molar-refractivity contribution in [3.63, 3.8) is 0 Å². The molecule has 0 saturated heterocycles. The lowest BCUT2D eigenvalue weighted by atomic mass is 9.97. The maximum Gasteiger partial charge on any atom is 0.332 e. The van der Waals surface area contributed by atoms with Gasteiger partial charge in [-0.2, -0.15) is 0 Å². The molecule has 0 amide bonds. The highest BCUT2D eigenvalue weighted by Gasteiger charge is 2.17. The summed E-state index contributed by atoms with van der Waals surface area (Å²) >= 11 is 1.36. The molecule has 3 aromatic rings. The molecular weight excluding hydrogens is 322 g/mol. The summed E-state index contributed by atoms with van der Waals surface area (Å²) in [5, 5.41) is 11.2. The highest BCUT2D eigenvalue weighted by atomic mass is 32.1. The Morgan fingerprint density at radius 1 is 1.17 bits per heavy atom. The Morgan fingerprint density at radius 3 is 2.62 bits per heavy atom. The summed E-state index contributed by atoms with van der Waals surface area (Å²) in [4.78, 5) is 29.1. The number of ketones is 1. The zero-order valence-electron chi connectivity index (χ0n) is 13.0. The molecular formula is C19H15NO3S. The molecule has 1 aromatic heterocycles. The molecule has 120 valence electrons. The van der Waals surface area contributed by atoms with Gasteiger partial charge in [0.25, 0.3) is 0 Å². The van der Waals surface area contributed by atoms with Gasteiger partial charge in [-0.1, -0.05) is 42.5 Å². The van der Waals surface area contributed by atoms with Gasteiger partial charge >= 0.3 is 5.97 Å². The van der Waals surface area contributed by atoms with E-state index in [9.17, 15) is 14.7 Å². The molecule has 1 N–H and O–H groups in total. The minimum atomic E-state index is -1.09. The van der Waals surface area contributed by atoms with Crippen molar-refractivity contribution in [1.82, 2.24) is 4.98 Å². The number of carboxylic acids is 1. The summed E-state index contributed by atoms with van der Waals surface area (Å²) in [5.74, 6) is -1.29. The van der Waals surface area contributed by atoms with Crippen LogP contribution in [0.3, 0.4) is 0 Å². The third-order valence-corrected chi connectivity index (χ3v) is 4.68. The van der Waals surface area contributed by atoms with Crippen molar-refractivity contribution in [3.05, 3.63) is 69.7 Å². The van der Waals surface area contributed by atoms with E-state index in [-0.39, 0.29) is 17.8 Å². The Labute approximate surface area is 143 Å². The number of aryl methyl sites for hydroxylation is 1. The van der Waals surface area contributed by atoms with Crippen LogP contribution in [0.25, 0.3) is 16.8 Å². The van der Waals surface area contributed by atoms with Gasteiger partial charge < -0.3 is 5.11 Å². The molecule has 3 rings (SSSR count). The molecule has 0 bridgehead atoms. The van der Waals surface area contributed by atoms with Gasteiger partial charge in [-0.15, -0.1) is 11.3 Å². The lowest BCUT2D eigenvalue weighted by Gasteiger charge is -2.06. The number of nitrogens with zero attached hydrogens (tertiary/aromatic N) is 1. The monoisotopic (exact) mass is 337 g/mol. The Bertz CT molecular complexity index is 951. The summed E-state index contributed by atoms with van der Waals surface area (Å²) < 4.78 is 0. The molecule has 5 heteroatoms. The predicted molar refractivity (Wildman–Crippen MR) is 95.4 cm³/mol. The number of carbonyl (C=O) groups is 2. The fourth-order valence-electron chi connectivity index (χ4n) is 2.53. The first-order valence-electron chi connectivity index (χ1n) is 7.41. The van der Waals surface area contributed by atoms with E-state index in [2.05, 4.69) is 4.98 Å². The van der Waals surface area contributed by atoms with Crippen LogP contribution in [-0.2, 0) is 4.79 Å². The van der Waals surface area contributed by atoms with Crippen LogP contribution in [0.5, 0.6) is 0 Å². The molecule has 0 atom stereocenters. The van der Waals surface area contributed by atoms with E-state index in [1.165, 1.54) is 11.3 Å². The third-order valence-electron chi connectivity index (χ3n) is 3.80. The Kier molecular flexibility index (Phi) is 4.53. The van der Waals surface area contributed by atoms with E-state index in [0.717, 1.165) is 21.3 Å². The summed E-state index contributed by atoms with van der Waals surface area (Å²) in [6, 6.07) is 13.1. The molecule has 0 aliphatic rings. The maximum absolute atomic E-state index is 12.7. The molecule has 0 aliphatic heterocycles. The highest BCUT2D eigenvalue weighted by Crippen LogP contribution is 2.23. The van der Waals surface area contributed by atoms with Gasteiger partial charge in [0, 0.05) is 17.6 Å². The third kappa shape index (κ3) is 3.26. The normalized spacial score (nSPS) is 11.6. The van der Waals surface area contributed by atoms with Gasteiger partial charge in [0.05, 0.1) is 16.1 Å². The van der Waals surface area contributed by atoms with Crippen molar-refractivity contribution >= 4 is 39.9 Å². The molecule has 4 nitrogen and oxygen atoms in total. The molecule has 0 spiro atoms. The number of aliphatic carboxylic acids is 1. The van der Waals surface area contributed by atoms with E-state index in [0.29, 0.717) is 5.56 Å². The minimum Gasteiger partial charge on any atom is -0.478 e. The number of fused-ring (bicyclic) bond motifs is 1. The lowest BCUT2D eigenvalue weighted by Crippen LogP contribution is -2.08. The van der Waals surface area contributed by atoms with Gasteiger partial charge in [-0.05, 0) is 23.8 Å². The van der Waals surface area contributed by atoms with Crippen LogP contribution in [0.1, 0.15) is 27.3 Å². The van der Waals surface area contributed by atoms with Gasteiger partial charge in [-0.25, -0.2) is 9.78 Å². The van der Waals surface area contributed by atoms with Gasteiger partial charge in [0.1, 0.15) is 0 Å². The number of aromatic nitrogens is 1. The van der Waals surface area contributed by atoms with Crippen molar-refractivity contribution in [2.24, 2.45) is 0 Å². The standard InChI is InChI=1S/C19H15NO3S/c1-12-18(24-11-20-12)10-14(19(22)23)9-17(21)16-8-4-6-13-5-2-3-7-15(13)16/h2-8,10-11H,9H2,1H3,(H,22,23). The second kappa shape index (κ2) is 6.76. The lowest BCUT2D eigenvalue weighted by molar-refractivity contribution is -0.132. The average molecular weight is 337 g/mol. The molecule has 0 saturated carbocycles. The summed E-state index contributed by atoms with van der Waals surface area (Å²) in [6.07, 6.45) is 1.39. The molecule has 0 unspecified atom stereocenters. The maximum atomic E-state index is 12.7. The van der Waals surface area contributed by atoms with Crippen molar-refractivity contribution in [1.29, 1.82) is 0 Å². The van der Waals surface area contributed by atoms with Crippen LogP contribution in [-0.4, -0.2) is 21.8 Å². The van der Waals surface area contributed by atoms with Crippen LogP contribution in [0.15, 0.2) is 53.5 Å². The van der Waals surface area contributed by atoms with E-state index < -0.39 is 5.97 Å². The van der Waals surface area contributed by atoms with Crippen LogP contribution >= 0.6 is 11.3 Å². The first-order chi connectivity index (χ1) is 11.6. The van der Waals surface area contributed by atoms with Crippen LogP contribution in [0.4, 0.5) is 0 Å². The fraction of sp³-hybridized carbons (Fsp3) is 0.105. The fourth-order valence-corrected chi connectivity index (χ4v) is 3.29. The van der Waals surface area contributed by atoms with Crippen LogP contribution < -0.4 is 0 Å². The number of hydrogen-bond donors (Lipinski definition) is 1. The smallest absolute Gasteiger partial charge is 0.332 e. The minimum absolute atomic E-state index is 0.0697. The number of rotatable bonds is 5. The first kappa shape index (κ1) is 16.1. The number of hydrogen-bond acceptors (Lipinski definition) is 4. The van der Waals surface area contributed by atoms with E-state index >= 15 is 0 Å². The van der Waals surface area contributed by atoms with Crippen molar-refractivity contribution in [2.45, 2.75) is 13.3 Å². The summed E-state index contributed by atoms with van der Waals surface area (Å²) in [7, 11) is 0. The number of carboxylic acid groups (broad SMARTS) is 1. The average Bonchev–Trinajstić information content (AvgIpc) is 2.98. The molecule has 0 fully saturated rings. The van der Waals surface area contributed by atoms with Gasteiger partial charge in [0.2, 0.25) is 0 Å². The van der Waals surface area contributed by atoms with Crippen molar-refractivity contribution in [2.75, 3.05) is 0 Å². The zero-order valence-corrected chi connectivity index (χ0v) is 13.8. The Balaban J connectivity index is 1.95. The van der Waals surface area contributed by atoms with Crippen molar-refractivity contribution < 1.29 is 14.7 Å². The van der Waals surface area contributed by atoms with Crippen LogP contribution in [0, 0.1) is 6.92 Å². The van der Waals surface area contributed by atoms with E-state index in [1.807, 2.05) is 43.3 Å². The van der Waals surface area contributed by atoms with Gasteiger partial charge in [-0.3, -0.25) is 4.79 Å². The van der Waals surface area contributed by atoms with Crippen molar-refractivity contribution in [3.8, 4) is 0 Å². The number of carbonyl (C=O) groups excluding carboxylic acids is 1. The molecule has 24 heavy (non-hydrogen) atoms. The van der Waals surface area contributed by atoms with E-state index in [1.54, 1.807) is 17.7 Å².